The Morgan fingerprint density at radius 3 is 2.73 bits per heavy atom. The Bertz CT molecular complexity index is 628. The van der Waals surface area contributed by atoms with Crippen LogP contribution in [0.1, 0.15) is 35.8 Å². The van der Waals surface area contributed by atoms with E-state index in [1.165, 1.54) is 11.1 Å². The first-order valence-corrected chi connectivity index (χ1v) is 9.14. The van der Waals surface area contributed by atoms with Crippen LogP contribution < -0.4 is 0 Å². The van der Waals surface area contributed by atoms with E-state index in [-0.39, 0.29) is 5.60 Å². The lowest BCUT2D eigenvalue weighted by Crippen LogP contribution is -2.47. The molecule has 0 radical (unpaired) electrons. The van der Waals surface area contributed by atoms with Crippen molar-refractivity contribution >= 4 is 11.3 Å². The summed E-state index contributed by atoms with van der Waals surface area (Å²) in [5, 5.41) is 2.24. The number of piperidine rings is 1. The number of benzene rings is 1. The first-order chi connectivity index (χ1) is 10.8. The minimum Gasteiger partial charge on any atom is -0.367 e. The van der Waals surface area contributed by atoms with Crippen LogP contribution in [0, 0.1) is 0 Å². The number of hydrogen-bond acceptors (Lipinski definition) is 3. The van der Waals surface area contributed by atoms with Crippen molar-refractivity contribution in [2.75, 3.05) is 13.1 Å². The summed E-state index contributed by atoms with van der Waals surface area (Å²) in [6.07, 6.45) is 3.68. The molecule has 3 heterocycles. The molecule has 2 aliphatic rings. The Morgan fingerprint density at radius 1 is 1.18 bits per heavy atom. The molecule has 2 nitrogen and oxygen atoms in total. The molecule has 2 aromatic rings. The highest BCUT2D eigenvalue weighted by Gasteiger charge is 2.43. The standard InChI is InChI=1S/C19H23NOS/c1-15-13-18-17(7-12-22-18)19(21-15)8-10-20(11-9-19)14-16-5-3-2-4-6-16/h2-7,12,15H,8-11,13-14H2,1H3. The maximum absolute atomic E-state index is 6.48. The van der Waals surface area contributed by atoms with Crippen molar-refractivity contribution in [1.29, 1.82) is 0 Å². The third kappa shape index (κ3) is 2.62. The lowest BCUT2D eigenvalue weighted by molar-refractivity contribution is -0.133. The molecular weight excluding hydrogens is 290 g/mol. The van der Waals surface area contributed by atoms with Gasteiger partial charge in [-0.25, -0.2) is 0 Å². The molecule has 2 aliphatic heterocycles. The Hall–Kier alpha value is -1.16. The van der Waals surface area contributed by atoms with E-state index in [4.69, 9.17) is 4.74 Å². The highest BCUT2D eigenvalue weighted by molar-refractivity contribution is 7.10. The molecular formula is C19H23NOS. The van der Waals surface area contributed by atoms with E-state index < -0.39 is 0 Å². The minimum absolute atomic E-state index is 0.0137. The normalized spacial score (nSPS) is 24.3. The smallest absolute Gasteiger partial charge is 0.0970 e. The molecule has 116 valence electrons. The molecule has 1 saturated heterocycles. The fourth-order valence-electron chi connectivity index (χ4n) is 3.96. The molecule has 22 heavy (non-hydrogen) atoms. The average molecular weight is 313 g/mol. The van der Waals surface area contributed by atoms with Crippen molar-refractivity contribution < 1.29 is 4.74 Å². The molecule has 0 amide bonds. The van der Waals surface area contributed by atoms with E-state index in [1.807, 2.05) is 11.3 Å². The van der Waals surface area contributed by atoms with Gasteiger partial charge in [-0.15, -0.1) is 11.3 Å². The van der Waals surface area contributed by atoms with E-state index in [2.05, 4.69) is 53.6 Å². The first-order valence-electron chi connectivity index (χ1n) is 8.26. The van der Waals surface area contributed by atoms with Crippen LogP contribution in [0.15, 0.2) is 41.8 Å². The van der Waals surface area contributed by atoms with Crippen LogP contribution in [0.25, 0.3) is 0 Å². The summed E-state index contributed by atoms with van der Waals surface area (Å²) >= 11 is 1.91. The van der Waals surface area contributed by atoms with Crippen LogP contribution in [0.2, 0.25) is 0 Å². The van der Waals surface area contributed by atoms with Crippen LogP contribution in [0.5, 0.6) is 0 Å². The van der Waals surface area contributed by atoms with Gasteiger partial charge in [-0.3, -0.25) is 4.90 Å². The quantitative estimate of drug-likeness (QED) is 0.824. The van der Waals surface area contributed by atoms with Crippen LogP contribution >= 0.6 is 11.3 Å². The van der Waals surface area contributed by atoms with Gasteiger partial charge in [0.1, 0.15) is 0 Å². The Labute approximate surface area is 136 Å². The van der Waals surface area contributed by atoms with Gasteiger partial charge in [-0.2, -0.15) is 0 Å². The topological polar surface area (TPSA) is 12.5 Å². The number of hydrogen-bond donors (Lipinski definition) is 0. The molecule has 0 N–H and O–H groups in total. The molecule has 1 fully saturated rings. The van der Waals surface area contributed by atoms with Gasteiger partial charge in [0.25, 0.3) is 0 Å². The molecule has 3 heteroatoms. The first kappa shape index (κ1) is 14.4. The Kier molecular flexibility index (Phi) is 3.81. The molecule has 1 aromatic heterocycles. The molecule has 1 spiro atoms. The summed E-state index contributed by atoms with van der Waals surface area (Å²) in [6, 6.07) is 13.1. The summed E-state index contributed by atoms with van der Waals surface area (Å²) in [6.45, 7) is 5.53. The highest BCUT2D eigenvalue weighted by Crippen LogP contribution is 2.45. The fourth-order valence-corrected chi connectivity index (χ4v) is 5.04. The van der Waals surface area contributed by atoms with Gasteiger partial charge in [-0.05, 0) is 42.3 Å². The summed E-state index contributed by atoms with van der Waals surface area (Å²) in [7, 11) is 0. The minimum atomic E-state index is -0.0137. The lowest BCUT2D eigenvalue weighted by Gasteiger charge is -2.46. The number of likely N-dealkylation sites (tertiary alicyclic amines) is 1. The fraction of sp³-hybridized carbons (Fsp3) is 0.474. The average Bonchev–Trinajstić information content (AvgIpc) is 3.00. The summed E-state index contributed by atoms with van der Waals surface area (Å²) in [5.41, 5.74) is 2.88. The van der Waals surface area contributed by atoms with E-state index in [1.54, 1.807) is 4.88 Å². The number of fused-ring (bicyclic) bond motifs is 2. The highest BCUT2D eigenvalue weighted by atomic mass is 32.1. The van der Waals surface area contributed by atoms with Crippen LogP contribution in [0.4, 0.5) is 0 Å². The monoisotopic (exact) mass is 313 g/mol. The summed E-state index contributed by atoms with van der Waals surface area (Å²) in [4.78, 5) is 4.12. The van der Waals surface area contributed by atoms with E-state index in [0.717, 1.165) is 38.9 Å². The van der Waals surface area contributed by atoms with E-state index >= 15 is 0 Å². The van der Waals surface area contributed by atoms with Gasteiger partial charge in [0.2, 0.25) is 0 Å². The zero-order valence-electron chi connectivity index (χ0n) is 13.1. The molecule has 0 bridgehead atoms. The molecule has 1 atom stereocenters. The van der Waals surface area contributed by atoms with Crippen molar-refractivity contribution in [3.8, 4) is 0 Å². The Balaban J connectivity index is 1.48. The Morgan fingerprint density at radius 2 is 1.95 bits per heavy atom. The van der Waals surface area contributed by atoms with E-state index in [9.17, 15) is 0 Å². The van der Waals surface area contributed by atoms with Gasteiger partial charge in [0.15, 0.2) is 0 Å². The SMILES string of the molecule is CC1Cc2sccc2C2(CCN(Cc3ccccc3)CC2)O1. The predicted octanol–water partition coefficient (Wildman–Crippen LogP) is 4.20. The van der Waals surface area contributed by atoms with Gasteiger partial charge >= 0.3 is 0 Å². The maximum Gasteiger partial charge on any atom is 0.0970 e. The largest absolute Gasteiger partial charge is 0.367 e. The molecule has 1 aromatic carbocycles. The third-order valence-corrected chi connectivity index (χ3v) is 5.99. The molecule has 0 aliphatic carbocycles. The van der Waals surface area contributed by atoms with Crippen molar-refractivity contribution in [3.05, 3.63) is 57.8 Å². The van der Waals surface area contributed by atoms with Crippen LogP contribution in [0.3, 0.4) is 0 Å². The van der Waals surface area contributed by atoms with E-state index in [0.29, 0.717) is 6.10 Å². The number of nitrogens with zero attached hydrogens (tertiary/aromatic N) is 1. The lowest BCUT2D eigenvalue weighted by atomic mass is 9.81. The van der Waals surface area contributed by atoms with Crippen LogP contribution in [-0.4, -0.2) is 24.1 Å². The molecule has 0 saturated carbocycles. The zero-order valence-corrected chi connectivity index (χ0v) is 13.9. The van der Waals surface area contributed by atoms with Gasteiger partial charge in [0.05, 0.1) is 11.7 Å². The third-order valence-electron chi connectivity index (χ3n) is 5.05. The van der Waals surface area contributed by atoms with Crippen molar-refractivity contribution in [2.24, 2.45) is 0 Å². The van der Waals surface area contributed by atoms with Gasteiger partial charge < -0.3 is 4.74 Å². The number of rotatable bonds is 2. The summed E-state index contributed by atoms with van der Waals surface area (Å²) < 4.78 is 6.48. The summed E-state index contributed by atoms with van der Waals surface area (Å²) in [5.74, 6) is 0. The molecule has 1 unspecified atom stereocenters. The van der Waals surface area contributed by atoms with Crippen LogP contribution in [-0.2, 0) is 23.3 Å². The van der Waals surface area contributed by atoms with Crippen molar-refractivity contribution in [1.82, 2.24) is 4.90 Å². The zero-order chi connectivity index (χ0) is 15.0. The predicted molar refractivity (Wildman–Crippen MR) is 91.2 cm³/mol. The second-order valence-corrected chi connectivity index (χ2v) is 7.65. The second kappa shape index (κ2) is 5.80. The van der Waals surface area contributed by atoms with Gasteiger partial charge in [-0.1, -0.05) is 30.3 Å². The van der Waals surface area contributed by atoms with Crippen molar-refractivity contribution in [3.63, 3.8) is 0 Å². The number of ether oxygens (including phenoxy) is 1. The second-order valence-electron chi connectivity index (χ2n) is 6.65. The maximum atomic E-state index is 6.48. The van der Waals surface area contributed by atoms with Gasteiger partial charge in [0, 0.05) is 30.9 Å². The number of thiophene rings is 1. The van der Waals surface area contributed by atoms with Crippen molar-refractivity contribution in [2.45, 2.75) is 44.4 Å². The molecule has 4 rings (SSSR count).